The summed E-state index contributed by atoms with van der Waals surface area (Å²) < 4.78 is 13.2. The van der Waals surface area contributed by atoms with Gasteiger partial charge in [-0.2, -0.15) is 5.10 Å². The number of rotatable bonds is 6. The smallest absolute Gasteiger partial charge is 0.256 e. The van der Waals surface area contributed by atoms with Gasteiger partial charge in [-0.1, -0.05) is 41.7 Å². The van der Waals surface area contributed by atoms with Crippen LogP contribution in [0, 0.1) is 5.82 Å². The molecule has 3 N–H and O–H groups in total. The van der Waals surface area contributed by atoms with Crippen LogP contribution < -0.4 is 10.7 Å². The Bertz CT molecular complexity index is 1210. The molecule has 4 aromatic rings. The molecule has 3 aromatic carbocycles. The van der Waals surface area contributed by atoms with E-state index in [1.165, 1.54) is 35.6 Å². The summed E-state index contributed by atoms with van der Waals surface area (Å²) in [4.78, 5) is 17.2. The first kappa shape index (κ1) is 20.2. The van der Waals surface area contributed by atoms with Crippen LogP contribution >= 0.6 is 11.3 Å². The van der Waals surface area contributed by atoms with E-state index in [2.05, 4.69) is 20.8 Å². The normalized spacial score (nSPS) is 10.9. The SMILES string of the molecule is O=C(Nc1sc(N/N=C\c2ccc(O)cc2)nc1-c1ccccc1)c1ccc(F)cc1. The maximum atomic E-state index is 13.2. The number of halogens is 1. The van der Waals surface area contributed by atoms with Crippen LogP contribution in [0.2, 0.25) is 0 Å². The Hall–Kier alpha value is -4.04. The number of phenols is 1. The van der Waals surface area contributed by atoms with Crippen LogP contribution in [0.15, 0.2) is 84.0 Å². The minimum Gasteiger partial charge on any atom is -0.508 e. The lowest BCUT2D eigenvalue weighted by atomic mass is 10.1. The van der Waals surface area contributed by atoms with Gasteiger partial charge in [0.2, 0.25) is 5.13 Å². The van der Waals surface area contributed by atoms with Crippen LogP contribution in [0.25, 0.3) is 11.3 Å². The molecular formula is C23H17FN4O2S. The summed E-state index contributed by atoms with van der Waals surface area (Å²) in [7, 11) is 0. The molecule has 4 rings (SSSR count). The highest BCUT2D eigenvalue weighted by Crippen LogP contribution is 2.36. The van der Waals surface area contributed by atoms with E-state index in [0.717, 1.165) is 11.1 Å². The van der Waals surface area contributed by atoms with Gasteiger partial charge in [0.15, 0.2) is 0 Å². The van der Waals surface area contributed by atoms with Crippen LogP contribution in [0.4, 0.5) is 14.5 Å². The van der Waals surface area contributed by atoms with Gasteiger partial charge in [0.05, 0.1) is 6.21 Å². The number of carbonyl (C=O) groups excluding carboxylic acids is 1. The van der Waals surface area contributed by atoms with Crippen molar-refractivity contribution in [2.24, 2.45) is 5.10 Å². The number of phenolic OH excluding ortho intramolecular Hbond substituents is 1. The number of hydrogen-bond donors (Lipinski definition) is 3. The maximum Gasteiger partial charge on any atom is 0.256 e. The zero-order chi connectivity index (χ0) is 21.6. The first-order valence-electron chi connectivity index (χ1n) is 9.30. The van der Waals surface area contributed by atoms with Crippen LogP contribution in [-0.4, -0.2) is 22.2 Å². The number of nitrogens with one attached hydrogen (secondary N) is 2. The lowest BCUT2D eigenvalue weighted by molar-refractivity contribution is 0.102. The zero-order valence-corrected chi connectivity index (χ0v) is 16.9. The summed E-state index contributed by atoms with van der Waals surface area (Å²) in [6.07, 6.45) is 1.60. The number of anilines is 2. The Morgan fingerprint density at radius 2 is 1.71 bits per heavy atom. The minimum atomic E-state index is -0.405. The van der Waals surface area contributed by atoms with Gasteiger partial charge in [0, 0.05) is 11.1 Å². The van der Waals surface area contributed by atoms with Crippen molar-refractivity contribution in [1.29, 1.82) is 0 Å². The van der Waals surface area contributed by atoms with Crippen molar-refractivity contribution in [1.82, 2.24) is 4.98 Å². The number of aromatic nitrogens is 1. The average Bonchev–Trinajstić information content (AvgIpc) is 3.18. The highest BCUT2D eigenvalue weighted by molar-refractivity contribution is 7.20. The summed E-state index contributed by atoms with van der Waals surface area (Å²) in [6.45, 7) is 0. The minimum absolute atomic E-state index is 0.180. The van der Waals surface area contributed by atoms with E-state index in [1.807, 2.05) is 30.3 Å². The molecule has 0 unspecified atom stereocenters. The lowest BCUT2D eigenvalue weighted by Gasteiger charge is -2.05. The number of carbonyl (C=O) groups is 1. The van der Waals surface area contributed by atoms with Crippen LogP contribution in [0.5, 0.6) is 5.75 Å². The fraction of sp³-hybridized carbons (Fsp3) is 0. The fourth-order valence-corrected chi connectivity index (χ4v) is 3.58. The van der Waals surface area contributed by atoms with Gasteiger partial charge in [0.1, 0.15) is 22.3 Å². The molecule has 1 aromatic heterocycles. The van der Waals surface area contributed by atoms with E-state index in [9.17, 15) is 14.3 Å². The van der Waals surface area contributed by atoms with Crippen LogP contribution in [-0.2, 0) is 0 Å². The first-order chi connectivity index (χ1) is 15.1. The quantitative estimate of drug-likeness (QED) is 0.283. The van der Waals surface area contributed by atoms with E-state index >= 15 is 0 Å². The number of hydrogen-bond acceptors (Lipinski definition) is 6. The van der Waals surface area contributed by atoms with Gasteiger partial charge in [-0.25, -0.2) is 9.37 Å². The van der Waals surface area contributed by atoms with Crippen molar-refractivity contribution < 1.29 is 14.3 Å². The molecule has 31 heavy (non-hydrogen) atoms. The lowest BCUT2D eigenvalue weighted by Crippen LogP contribution is -2.11. The number of hydrazone groups is 1. The van der Waals surface area contributed by atoms with Crippen molar-refractivity contribution in [2.75, 3.05) is 10.7 Å². The Morgan fingerprint density at radius 1 is 1.00 bits per heavy atom. The van der Waals surface area contributed by atoms with Crippen molar-refractivity contribution in [3.05, 3.63) is 95.8 Å². The van der Waals surface area contributed by atoms with E-state index in [4.69, 9.17) is 0 Å². The van der Waals surface area contributed by atoms with Gasteiger partial charge in [-0.3, -0.25) is 10.2 Å². The third-order valence-electron chi connectivity index (χ3n) is 4.27. The van der Waals surface area contributed by atoms with Crippen LogP contribution in [0.1, 0.15) is 15.9 Å². The van der Waals surface area contributed by atoms with Crippen molar-refractivity contribution in [3.63, 3.8) is 0 Å². The molecule has 1 amide bonds. The molecule has 0 aliphatic rings. The van der Waals surface area contributed by atoms with E-state index in [-0.39, 0.29) is 11.7 Å². The Balaban J connectivity index is 1.57. The summed E-state index contributed by atoms with van der Waals surface area (Å²) in [5.74, 6) is -0.587. The number of nitrogens with zero attached hydrogens (tertiary/aromatic N) is 2. The molecule has 8 heteroatoms. The summed E-state index contributed by atoms with van der Waals surface area (Å²) in [5.41, 5.74) is 5.45. The molecule has 0 aliphatic heterocycles. The summed E-state index contributed by atoms with van der Waals surface area (Å²) in [6, 6.07) is 21.4. The monoisotopic (exact) mass is 432 g/mol. The molecule has 1 heterocycles. The second-order valence-corrected chi connectivity index (χ2v) is 7.48. The number of amides is 1. The van der Waals surface area contributed by atoms with E-state index in [0.29, 0.717) is 21.4 Å². The highest BCUT2D eigenvalue weighted by atomic mass is 32.1. The zero-order valence-electron chi connectivity index (χ0n) is 16.1. The van der Waals surface area contributed by atoms with Gasteiger partial charge in [-0.15, -0.1) is 0 Å². The standard InChI is InChI=1S/C23H17FN4O2S/c24-18-10-8-17(9-11-18)21(30)27-22-20(16-4-2-1-3-5-16)26-23(31-22)28-25-14-15-6-12-19(29)13-7-15/h1-14,29H,(H,26,28)(H,27,30)/b25-14-. The molecule has 0 atom stereocenters. The number of thiazole rings is 1. The Morgan fingerprint density at radius 3 is 2.42 bits per heavy atom. The second kappa shape index (κ2) is 9.19. The third-order valence-corrected chi connectivity index (χ3v) is 5.15. The molecule has 154 valence electrons. The van der Waals surface area contributed by atoms with Gasteiger partial charge < -0.3 is 10.4 Å². The molecule has 0 fully saturated rings. The largest absolute Gasteiger partial charge is 0.508 e. The molecule has 0 aliphatic carbocycles. The first-order valence-corrected chi connectivity index (χ1v) is 10.1. The molecule has 0 saturated carbocycles. The molecular weight excluding hydrogens is 415 g/mol. The fourth-order valence-electron chi connectivity index (χ4n) is 2.74. The van der Waals surface area contributed by atoms with Gasteiger partial charge >= 0.3 is 0 Å². The maximum absolute atomic E-state index is 13.2. The predicted octanol–water partition coefficient (Wildman–Crippen LogP) is 5.35. The number of aromatic hydroxyl groups is 1. The molecule has 6 nitrogen and oxygen atoms in total. The highest BCUT2D eigenvalue weighted by Gasteiger charge is 2.16. The molecule has 0 radical (unpaired) electrons. The third kappa shape index (κ3) is 5.12. The van der Waals surface area contributed by atoms with Crippen molar-refractivity contribution in [3.8, 4) is 17.0 Å². The Kier molecular flexibility index (Phi) is 6.00. The molecule has 0 bridgehead atoms. The number of benzene rings is 3. The predicted molar refractivity (Wildman–Crippen MR) is 121 cm³/mol. The average molecular weight is 432 g/mol. The topological polar surface area (TPSA) is 86.6 Å². The van der Waals surface area contributed by atoms with Crippen molar-refractivity contribution >= 4 is 33.6 Å². The van der Waals surface area contributed by atoms with Gasteiger partial charge in [-0.05, 0) is 54.1 Å². The van der Waals surface area contributed by atoms with Crippen molar-refractivity contribution in [2.45, 2.75) is 0 Å². The second-order valence-electron chi connectivity index (χ2n) is 6.49. The molecule has 0 spiro atoms. The summed E-state index contributed by atoms with van der Waals surface area (Å²) in [5, 5.41) is 17.4. The summed E-state index contributed by atoms with van der Waals surface area (Å²) >= 11 is 1.24. The van der Waals surface area contributed by atoms with Crippen LogP contribution in [0.3, 0.4) is 0 Å². The van der Waals surface area contributed by atoms with E-state index in [1.54, 1.807) is 30.5 Å². The molecule has 0 saturated heterocycles. The Labute approximate surface area is 181 Å². The van der Waals surface area contributed by atoms with E-state index < -0.39 is 5.82 Å². The van der Waals surface area contributed by atoms with Gasteiger partial charge in [0.25, 0.3) is 5.91 Å².